The summed E-state index contributed by atoms with van der Waals surface area (Å²) in [5.74, 6) is -2.75. The number of thioether (sulfide) groups is 1. The number of carbonyl (C=O) groups is 4. The Morgan fingerprint density at radius 1 is 1.03 bits per heavy atom. The lowest BCUT2D eigenvalue weighted by Crippen LogP contribution is -2.59. The molecule has 0 radical (unpaired) electrons. The van der Waals surface area contributed by atoms with Crippen LogP contribution in [0, 0.1) is 0 Å². The van der Waals surface area contributed by atoms with Crippen LogP contribution in [0.1, 0.15) is 18.9 Å². The van der Waals surface area contributed by atoms with E-state index < -0.39 is 54.0 Å². The number of carboxylic acids is 1. The number of aliphatic hydroxyl groups excluding tert-OH is 1. The number of carboxylic acid groups (broad SMARTS) is 1. The van der Waals surface area contributed by atoms with Crippen molar-refractivity contribution in [2.45, 2.75) is 50.0 Å². The van der Waals surface area contributed by atoms with E-state index in [2.05, 4.69) is 28.6 Å². The SMILES string of the molecule is CSCCC(N)C(=O)NC(CS)C(=O)NC(Cc1ccccc1)C(=O)NC(C(=O)O)C(C)O. The first-order valence-corrected chi connectivity index (χ1v) is 12.3. The van der Waals surface area contributed by atoms with E-state index in [-0.39, 0.29) is 12.2 Å². The molecule has 1 aromatic carbocycles. The lowest BCUT2D eigenvalue weighted by Gasteiger charge is -2.25. The van der Waals surface area contributed by atoms with Crippen LogP contribution in [0.2, 0.25) is 0 Å². The summed E-state index contributed by atoms with van der Waals surface area (Å²) in [6.45, 7) is 1.23. The van der Waals surface area contributed by atoms with Gasteiger partial charge in [-0.15, -0.1) is 0 Å². The van der Waals surface area contributed by atoms with Crippen molar-refractivity contribution in [3.63, 3.8) is 0 Å². The number of aliphatic carboxylic acids is 1. The van der Waals surface area contributed by atoms with Gasteiger partial charge in [0.15, 0.2) is 6.04 Å². The Morgan fingerprint density at radius 3 is 2.12 bits per heavy atom. The maximum absolute atomic E-state index is 12.8. The van der Waals surface area contributed by atoms with Gasteiger partial charge in [-0.05, 0) is 30.9 Å². The zero-order valence-corrected chi connectivity index (χ0v) is 20.3. The van der Waals surface area contributed by atoms with Gasteiger partial charge in [0, 0.05) is 12.2 Å². The van der Waals surface area contributed by atoms with Crippen LogP contribution >= 0.6 is 24.4 Å². The first-order chi connectivity index (χ1) is 15.6. The Morgan fingerprint density at radius 2 is 1.61 bits per heavy atom. The van der Waals surface area contributed by atoms with Gasteiger partial charge in [0.2, 0.25) is 17.7 Å². The van der Waals surface area contributed by atoms with Crippen molar-refractivity contribution in [1.29, 1.82) is 0 Å². The minimum Gasteiger partial charge on any atom is -0.480 e. The molecule has 0 saturated carbocycles. The third-order valence-corrected chi connectivity index (χ3v) is 5.76. The highest BCUT2D eigenvalue weighted by Crippen LogP contribution is 2.06. The molecule has 33 heavy (non-hydrogen) atoms. The number of rotatable bonds is 14. The number of nitrogens with one attached hydrogen (secondary N) is 3. The molecular formula is C21H32N4O6S2. The van der Waals surface area contributed by atoms with Gasteiger partial charge in [0.25, 0.3) is 0 Å². The molecule has 0 heterocycles. The Labute approximate surface area is 202 Å². The average Bonchev–Trinajstić information content (AvgIpc) is 2.78. The van der Waals surface area contributed by atoms with E-state index in [1.165, 1.54) is 6.92 Å². The molecule has 0 aromatic heterocycles. The van der Waals surface area contributed by atoms with Crippen molar-refractivity contribution >= 4 is 48.1 Å². The van der Waals surface area contributed by atoms with Gasteiger partial charge in [0.1, 0.15) is 12.1 Å². The van der Waals surface area contributed by atoms with E-state index in [0.717, 1.165) is 0 Å². The predicted octanol–water partition coefficient (Wildman–Crippen LogP) is -0.841. The van der Waals surface area contributed by atoms with Gasteiger partial charge in [-0.1, -0.05) is 30.3 Å². The Balaban J connectivity index is 2.97. The van der Waals surface area contributed by atoms with E-state index >= 15 is 0 Å². The highest BCUT2D eigenvalue weighted by Gasteiger charge is 2.31. The summed E-state index contributed by atoms with van der Waals surface area (Å²) in [5, 5.41) is 26.3. The van der Waals surface area contributed by atoms with E-state index in [1.54, 1.807) is 42.1 Å². The van der Waals surface area contributed by atoms with Crippen molar-refractivity contribution in [2.75, 3.05) is 17.8 Å². The fourth-order valence-electron chi connectivity index (χ4n) is 2.82. The highest BCUT2D eigenvalue weighted by atomic mass is 32.2. The monoisotopic (exact) mass is 500 g/mol. The number of amides is 3. The number of benzene rings is 1. The molecule has 0 aliphatic rings. The summed E-state index contributed by atoms with van der Waals surface area (Å²) >= 11 is 5.66. The fourth-order valence-corrected chi connectivity index (χ4v) is 3.57. The summed E-state index contributed by atoms with van der Waals surface area (Å²) < 4.78 is 0. The number of hydrogen-bond acceptors (Lipinski definition) is 8. The van der Waals surface area contributed by atoms with Crippen LogP contribution in [0.4, 0.5) is 0 Å². The Bertz CT molecular complexity index is 796. The molecule has 0 saturated heterocycles. The molecule has 12 heteroatoms. The van der Waals surface area contributed by atoms with Crippen LogP contribution < -0.4 is 21.7 Å². The molecule has 1 aromatic rings. The first kappa shape index (κ1) is 28.8. The van der Waals surface area contributed by atoms with E-state index in [4.69, 9.17) is 5.73 Å². The van der Waals surface area contributed by atoms with Crippen LogP contribution in [0.25, 0.3) is 0 Å². The summed E-state index contributed by atoms with van der Waals surface area (Å²) in [4.78, 5) is 49.3. The molecule has 0 aliphatic carbocycles. The van der Waals surface area contributed by atoms with Crippen LogP contribution in [0.5, 0.6) is 0 Å². The molecule has 10 nitrogen and oxygen atoms in total. The number of carbonyl (C=O) groups excluding carboxylic acids is 3. The molecule has 0 fully saturated rings. The number of thiol groups is 1. The molecule has 184 valence electrons. The topological polar surface area (TPSA) is 171 Å². The quantitative estimate of drug-likeness (QED) is 0.162. The van der Waals surface area contributed by atoms with Gasteiger partial charge in [0.05, 0.1) is 12.1 Å². The van der Waals surface area contributed by atoms with Gasteiger partial charge >= 0.3 is 5.97 Å². The molecule has 3 amide bonds. The number of nitrogens with two attached hydrogens (primary N) is 1. The van der Waals surface area contributed by atoms with Crippen molar-refractivity contribution in [1.82, 2.24) is 16.0 Å². The zero-order valence-electron chi connectivity index (χ0n) is 18.6. The molecule has 0 bridgehead atoms. The smallest absolute Gasteiger partial charge is 0.328 e. The summed E-state index contributed by atoms with van der Waals surface area (Å²) in [5.41, 5.74) is 6.56. The van der Waals surface area contributed by atoms with Crippen molar-refractivity contribution < 1.29 is 29.4 Å². The molecule has 5 atom stereocenters. The fraction of sp³-hybridized carbons (Fsp3) is 0.524. The van der Waals surface area contributed by atoms with Crippen LogP contribution in [-0.4, -0.2) is 81.9 Å². The second-order valence-electron chi connectivity index (χ2n) is 7.45. The number of aliphatic hydroxyl groups is 1. The standard InChI is InChI=1S/C21H32N4O6S2/c1-12(26)17(21(30)31)25-19(28)15(10-13-6-4-3-5-7-13)23-20(29)16(11-32)24-18(27)14(22)8-9-33-2/h3-7,12,14-17,26,32H,8-11,22H2,1-2H3,(H,23,29)(H,24,27)(H,25,28)(H,30,31). The third kappa shape index (κ3) is 10.0. The van der Waals surface area contributed by atoms with Gasteiger partial charge in [-0.2, -0.15) is 24.4 Å². The Kier molecular flexibility index (Phi) is 12.9. The maximum Gasteiger partial charge on any atom is 0.328 e. The lowest BCUT2D eigenvalue weighted by molar-refractivity contribution is -0.145. The third-order valence-electron chi connectivity index (χ3n) is 4.75. The molecule has 0 aliphatic heterocycles. The second kappa shape index (κ2) is 14.8. The molecule has 5 unspecified atom stereocenters. The summed E-state index contributed by atoms with van der Waals surface area (Å²) in [7, 11) is 0. The summed E-state index contributed by atoms with van der Waals surface area (Å²) in [6.07, 6.45) is 1.03. The molecule has 1 rings (SSSR count). The minimum atomic E-state index is -1.55. The van der Waals surface area contributed by atoms with Gasteiger partial charge in [-0.25, -0.2) is 4.79 Å². The lowest BCUT2D eigenvalue weighted by atomic mass is 10.0. The molecule has 7 N–H and O–H groups in total. The van der Waals surface area contributed by atoms with Crippen LogP contribution in [0.15, 0.2) is 30.3 Å². The average molecular weight is 501 g/mol. The molecular weight excluding hydrogens is 468 g/mol. The largest absolute Gasteiger partial charge is 0.480 e. The van der Waals surface area contributed by atoms with Gasteiger partial charge < -0.3 is 31.9 Å². The molecule has 0 spiro atoms. The van der Waals surface area contributed by atoms with Crippen LogP contribution in [-0.2, 0) is 25.6 Å². The van der Waals surface area contributed by atoms with E-state index in [1.807, 2.05) is 6.26 Å². The maximum atomic E-state index is 12.8. The Hall–Kier alpha value is -2.28. The highest BCUT2D eigenvalue weighted by molar-refractivity contribution is 7.98. The van der Waals surface area contributed by atoms with Gasteiger partial charge in [-0.3, -0.25) is 14.4 Å². The van der Waals surface area contributed by atoms with Crippen molar-refractivity contribution in [3.05, 3.63) is 35.9 Å². The first-order valence-electron chi connectivity index (χ1n) is 10.3. The van der Waals surface area contributed by atoms with E-state index in [9.17, 15) is 29.4 Å². The minimum absolute atomic E-state index is 0.0437. The van der Waals surface area contributed by atoms with E-state index in [0.29, 0.717) is 17.7 Å². The predicted molar refractivity (Wildman–Crippen MR) is 130 cm³/mol. The number of hydrogen-bond donors (Lipinski definition) is 7. The van der Waals surface area contributed by atoms with Crippen LogP contribution in [0.3, 0.4) is 0 Å². The van der Waals surface area contributed by atoms with Crippen molar-refractivity contribution in [2.24, 2.45) is 5.73 Å². The zero-order chi connectivity index (χ0) is 25.0. The second-order valence-corrected chi connectivity index (χ2v) is 8.80. The van der Waals surface area contributed by atoms with Crippen molar-refractivity contribution in [3.8, 4) is 0 Å². The summed E-state index contributed by atoms with van der Waals surface area (Å²) in [6, 6.07) is 4.24. The normalized spacial score (nSPS) is 15.4.